The van der Waals surface area contributed by atoms with E-state index < -0.39 is 12.1 Å². The number of nitrogens with zero attached hydrogens (tertiary/aromatic N) is 1. The number of carbonyl (C=O) groups excluding carboxylic acids is 1. The number of methoxy groups -OCH3 is 3. The summed E-state index contributed by atoms with van der Waals surface area (Å²) >= 11 is 0. The molecule has 40 heavy (non-hydrogen) atoms. The quantitative estimate of drug-likeness (QED) is 0.457. The topological polar surface area (TPSA) is 109 Å². The first-order valence-electron chi connectivity index (χ1n) is 12.8. The number of fused-ring (bicyclic) bond motifs is 1. The van der Waals surface area contributed by atoms with Crippen molar-refractivity contribution in [1.82, 2.24) is 15.5 Å². The number of carbonyl (C=O) groups is 2. The minimum absolute atomic E-state index is 0.0754. The van der Waals surface area contributed by atoms with Crippen LogP contribution in [0.5, 0.6) is 17.2 Å². The third-order valence-electron chi connectivity index (χ3n) is 7.68. The summed E-state index contributed by atoms with van der Waals surface area (Å²) in [6.45, 7) is 1.54. The molecule has 1 saturated carbocycles. The second kappa shape index (κ2) is 13.1. The number of benzene rings is 2. The minimum Gasteiger partial charge on any atom is -0.497 e. The summed E-state index contributed by atoms with van der Waals surface area (Å²) in [5, 5.41) is 13.3. The lowest BCUT2D eigenvalue weighted by Gasteiger charge is -2.45. The van der Waals surface area contributed by atoms with Gasteiger partial charge in [-0.15, -0.1) is 0 Å². The number of carboxylic acids is 1. The highest BCUT2D eigenvalue weighted by Gasteiger charge is 2.50. The zero-order valence-corrected chi connectivity index (χ0v) is 23.0. The third-order valence-corrected chi connectivity index (χ3v) is 7.68. The van der Waals surface area contributed by atoms with E-state index in [2.05, 4.69) is 34.7 Å². The lowest BCUT2D eigenvalue weighted by Crippen LogP contribution is -2.53. The Kier molecular flexibility index (Phi) is 10.1. The Labute approximate surface area is 231 Å². The van der Waals surface area contributed by atoms with Crippen LogP contribution >= 0.6 is 0 Å². The molecule has 2 amide bonds. The zero-order valence-electron chi connectivity index (χ0n) is 23.0. The Bertz CT molecular complexity index is 1160. The summed E-state index contributed by atoms with van der Waals surface area (Å²) in [4.78, 5) is 23.9. The van der Waals surface area contributed by atoms with Crippen LogP contribution in [-0.2, 0) is 16.8 Å². The summed E-state index contributed by atoms with van der Waals surface area (Å²) in [6.07, 6.45) is -1.06. The van der Waals surface area contributed by atoms with Crippen molar-refractivity contribution < 1.29 is 42.1 Å². The average molecular weight is 568 g/mol. The van der Waals surface area contributed by atoms with E-state index in [1.807, 2.05) is 30.3 Å². The van der Waals surface area contributed by atoms with E-state index in [4.69, 9.17) is 24.1 Å². The highest BCUT2D eigenvalue weighted by Crippen LogP contribution is 2.49. The van der Waals surface area contributed by atoms with Crippen molar-refractivity contribution in [1.29, 1.82) is 0 Å². The number of rotatable bonds is 7. The predicted octanol–water partition coefficient (Wildman–Crippen LogP) is 4.34. The zero-order chi connectivity index (χ0) is 29.5. The van der Waals surface area contributed by atoms with Gasteiger partial charge in [0, 0.05) is 24.0 Å². The van der Waals surface area contributed by atoms with Crippen LogP contribution < -0.4 is 24.8 Å². The number of likely N-dealkylation sites (N-methyl/N-ethyl adjacent to an activating group) is 1. The van der Waals surface area contributed by atoms with Crippen LogP contribution in [0, 0.1) is 0 Å². The average Bonchev–Trinajstić information content (AvgIpc) is 3.28. The highest BCUT2D eigenvalue weighted by atomic mass is 19.4. The lowest BCUT2D eigenvalue weighted by atomic mass is 9.65. The molecule has 2 aromatic rings. The highest BCUT2D eigenvalue weighted by molar-refractivity contribution is 5.74. The fourth-order valence-electron chi connectivity index (χ4n) is 5.56. The van der Waals surface area contributed by atoms with Gasteiger partial charge in [-0.2, -0.15) is 13.2 Å². The van der Waals surface area contributed by atoms with E-state index >= 15 is 0 Å². The van der Waals surface area contributed by atoms with Gasteiger partial charge in [0.25, 0.3) is 0 Å². The minimum atomic E-state index is -5.08. The third kappa shape index (κ3) is 7.29. The second-order valence-corrected chi connectivity index (χ2v) is 9.92. The van der Waals surface area contributed by atoms with Crippen molar-refractivity contribution in [2.45, 2.75) is 55.9 Å². The maximum absolute atomic E-state index is 12.6. The molecule has 0 spiro atoms. The first kappa shape index (κ1) is 30.9. The van der Waals surface area contributed by atoms with Crippen LogP contribution in [-0.4, -0.2) is 75.2 Å². The molecule has 1 heterocycles. The van der Waals surface area contributed by atoms with Gasteiger partial charge in [-0.1, -0.05) is 18.2 Å². The largest absolute Gasteiger partial charge is 0.497 e. The molecule has 9 nitrogen and oxygen atoms in total. The van der Waals surface area contributed by atoms with Gasteiger partial charge in [-0.25, -0.2) is 9.59 Å². The van der Waals surface area contributed by atoms with Gasteiger partial charge >= 0.3 is 18.2 Å². The number of urea groups is 1. The molecule has 1 aliphatic carbocycles. The number of halogens is 3. The summed E-state index contributed by atoms with van der Waals surface area (Å²) in [5.41, 5.74) is 2.42. The molecule has 0 unspecified atom stereocenters. The molecule has 4 rings (SSSR count). The number of hydrogen-bond donors (Lipinski definition) is 3. The van der Waals surface area contributed by atoms with Crippen molar-refractivity contribution in [3.05, 3.63) is 53.6 Å². The number of amides is 2. The van der Waals surface area contributed by atoms with E-state index in [0.717, 1.165) is 55.0 Å². The summed E-state index contributed by atoms with van der Waals surface area (Å²) < 4.78 is 47.9. The molecule has 12 heteroatoms. The fourth-order valence-corrected chi connectivity index (χ4v) is 5.56. The molecule has 1 aliphatic heterocycles. The Morgan fingerprint density at radius 1 is 1.02 bits per heavy atom. The molecule has 1 saturated heterocycles. The molecule has 2 fully saturated rings. The molecule has 0 radical (unpaired) electrons. The SMILES string of the molecule is COc1ccc(CNC(=O)N[C@@H]2CC[C@@]3(c4ccc(OC)c(OC)c4)CCN(C)[C@H]3C2)cc1.O=C(O)C(F)(F)F. The van der Waals surface area contributed by atoms with Crippen LogP contribution in [0.4, 0.5) is 18.0 Å². The molecule has 3 atom stereocenters. The van der Waals surface area contributed by atoms with Crippen LogP contribution in [0.1, 0.15) is 36.8 Å². The Morgan fingerprint density at radius 2 is 1.68 bits per heavy atom. The van der Waals surface area contributed by atoms with Gasteiger partial charge in [0.2, 0.25) is 0 Å². The number of alkyl halides is 3. The Balaban J connectivity index is 0.000000559. The van der Waals surface area contributed by atoms with Crippen molar-refractivity contribution in [3.8, 4) is 17.2 Å². The molecule has 0 bridgehead atoms. The maximum Gasteiger partial charge on any atom is 0.490 e. The molecule has 2 aliphatic rings. The standard InChI is InChI=1S/C26H35N3O4.C2HF3O2/c1-29-14-13-26(19-7-10-22(32-3)23(15-19)33-4)12-11-20(16-24(26)29)28-25(30)27-17-18-5-8-21(31-2)9-6-18;3-2(4,5)1(6)7/h5-10,15,20,24H,11-14,16-17H2,1-4H3,(H2,27,28,30);(H,6,7)/t20-,24+,26+;/m1./s1. The van der Waals surface area contributed by atoms with Crippen molar-refractivity contribution >= 4 is 12.0 Å². The van der Waals surface area contributed by atoms with Gasteiger partial charge < -0.3 is 34.9 Å². The summed E-state index contributed by atoms with van der Waals surface area (Å²) in [7, 11) is 7.19. The second-order valence-electron chi connectivity index (χ2n) is 9.92. The van der Waals surface area contributed by atoms with E-state index in [9.17, 15) is 18.0 Å². The summed E-state index contributed by atoms with van der Waals surface area (Å²) in [6, 6.07) is 14.5. The first-order chi connectivity index (χ1) is 18.9. The Hall–Kier alpha value is -3.67. The molecular formula is C28H36F3N3O6. The maximum atomic E-state index is 12.6. The monoisotopic (exact) mass is 567 g/mol. The van der Waals surface area contributed by atoms with E-state index in [-0.39, 0.29) is 17.5 Å². The molecular weight excluding hydrogens is 531 g/mol. The van der Waals surface area contributed by atoms with Crippen LogP contribution in [0.15, 0.2) is 42.5 Å². The van der Waals surface area contributed by atoms with Gasteiger partial charge in [0.15, 0.2) is 11.5 Å². The number of nitrogens with one attached hydrogen (secondary N) is 2. The van der Waals surface area contributed by atoms with E-state index in [1.165, 1.54) is 5.56 Å². The number of hydrogen-bond acceptors (Lipinski definition) is 6. The fraction of sp³-hybridized carbons (Fsp3) is 0.500. The number of ether oxygens (including phenoxy) is 3. The predicted molar refractivity (Wildman–Crippen MR) is 142 cm³/mol. The van der Waals surface area contributed by atoms with Crippen LogP contribution in [0.2, 0.25) is 0 Å². The van der Waals surface area contributed by atoms with Crippen molar-refractivity contribution in [2.24, 2.45) is 0 Å². The summed E-state index contributed by atoms with van der Waals surface area (Å²) in [5.74, 6) is -0.420. The van der Waals surface area contributed by atoms with Gasteiger partial charge in [0.05, 0.1) is 21.3 Å². The number of carboxylic acid groups (broad SMARTS) is 1. The normalized spacial score (nSPS) is 22.3. The van der Waals surface area contributed by atoms with Crippen LogP contribution in [0.25, 0.3) is 0 Å². The van der Waals surface area contributed by atoms with Crippen molar-refractivity contribution in [2.75, 3.05) is 34.9 Å². The molecule has 3 N–H and O–H groups in total. The molecule has 220 valence electrons. The molecule has 2 aromatic carbocycles. The lowest BCUT2D eigenvalue weighted by molar-refractivity contribution is -0.192. The van der Waals surface area contributed by atoms with Gasteiger partial charge in [0.1, 0.15) is 5.75 Å². The number of aliphatic carboxylic acids is 1. The van der Waals surface area contributed by atoms with Crippen LogP contribution in [0.3, 0.4) is 0 Å². The number of likely N-dealkylation sites (tertiary alicyclic amines) is 1. The van der Waals surface area contributed by atoms with E-state index in [0.29, 0.717) is 12.6 Å². The van der Waals surface area contributed by atoms with Gasteiger partial charge in [-0.3, -0.25) is 0 Å². The van der Waals surface area contributed by atoms with Crippen molar-refractivity contribution in [3.63, 3.8) is 0 Å². The van der Waals surface area contributed by atoms with Gasteiger partial charge in [-0.05, 0) is 74.7 Å². The molecule has 0 aromatic heterocycles. The Morgan fingerprint density at radius 3 is 2.25 bits per heavy atom. The van der Waals surface area contributed by atoms with E-state index in [1.54, 1.807) is 21.3 Å². The smallest absolute Gasteiger partial charge is 0.490 e. The first-order valence-corrected chi connectivity index (χ1v) is 12.8.